The van der Waals surface area contributed by atoms with Gasteiger partial charge in [-0.3, -0.25) is 10.1 Å². The Labute approximate surface area is 195 Å². The minimum Gasteiger partial charge on any atom is -0.453 e. The summed E-state index contributed by atoms with van der Waals surface area (Å²) in [5, 5.41) is 16.3. The Morgan fingerprint density at radius 1 is 0.971 bits per heavy atom. The molecule has 178 valence electrons. The highest BCUT2D eigenvalue weighted by Crippen LogP contribution is 2.29. The van der Waals surface area contributed by atoms with E-state index < -0.39 is 28.0 Å². The van der Waals surface area contributed by atoms with E-state index in [1.165, 1.54) is 42.5 Å². The highest BCUT2D eigenvalue weighted by molar-refractivity contribution is 7.91. The van der Waals surface area contributed by atoms with Gasteiger partial charge in [0.15, 0.2) is 0 Å². The van der Waals surface area contributed by atoms with Crippen LogP contribution in [0.4, 0.5) is 21.0 Å². The van der Waals surface area contributed by atoms with Crippen molar-refractivity contribution in [2.24, 2.45) is 4.99 Å². The Balaban J connectivity index is 2.57. The number of nitrogens with zero attached hydrogens (tertiary/aromatic N) is 2. The first-order valence-corrected chi connectivity index (χ1v) is 11.1. The van der Waals surface area contributed by atoms with E-state index in [2.05, 4.69) is 30.4 Å². The van der Waals surface area contributed by atoms with Crippen molar-refractivity contribution in [2.75, 3.05) is 24.9 Å². The van der Waals surface area contributed by atoms with Crippen LogP contribution >= 0.6 is 0 Å². The number of nitrogens with one attached hydrogen (secondary N) is 3. The maximum absolute atomic E-state index is 13.1. The van der Waals surface area contributed by atoms with Gasteiger partial charge in [0, 0.05) is 6.42 Å². The van der Waals surface area contributed by atoms with E-state index in [-0.39, 0.29) is 39.1 Å². The van der Waals surface area contributed by atoms with Crippen LogP contribution in [0.25, 0.3) is 0 Å². The summed E-state index contributed by atoms with van der Waals surface area (Å²) in [6.07, 6.45) is -1.91. The fourth-order valence-corrected chi connectivity index (χ4v) is 3.77. The molecule has 3 N–H and O–H groups in total. The summed E-state index contributed by atoms with van der Waals surface area (Å²) >= 11 is 0. The Morgan fingerprint density at radius 3 is 2.18 bits per heavy atom. The molecule has 0 radical (unpaired) electrons. The number of hydrogen-bond acceptors (Lipinski definition) is 8. The van der Waals surface area contributed by atoms with Crippen LogP contribution in [0.2, 0.25) is 0 Å². The maximum Gasteiger partial charge on any atom is 0.436 e. The van der Waals surface area contributed by atoms with E-state index in [4.69, 9.17) is 5.26 Å². The zero-order chi connectivity index (χ0) is 25.3. The number of amides is 3. The second-order valence-corrected chi connectivity index (χ2v) is 8.37. The lowest BCUT2D eigenvalue weighted by Gasteiger charge is -2.16. The fraction of sp³-hybridized carbons (Fsp3) is 0.190. The third-order valence-electron chi connectivity index (χ3n) is 4.23. The zero-order valence-electron chi connectivity index (χ0n) is 18.4. The van der Waals surface area contributed by atoms with E-state index in [0.29, 0.717) is 0 Å². The molecule has 0 aliphatic heterocycles. The minimum atomic E-state index is -4.03. The SMILES string of the molecule is CCC(=O)Nc1ccc(S(=O)(=O)c2ccc(C#N)cc2)cc1NC(=NC(=O)OC)NC(=O)OC. The van der Waals surface area contributed by atoms with Crippen molar-refractivity contribution in [2.45, 2.75) is 23.1 Å². The van der Waals surface area contributed by atoms with Crippen LogP contribution in [0.3, 0.4) is 0 Å². The van der Waals surface area contributed by atoms with Crippen molar-refractivity contribution in [3.8, 4) is 6.07 Å². The lowest BCUT2D eigenvalue weighted by Crippen LogP contribution is -2.36. The number of methoxy groups -OCH3 is 2. The predicted octanol–water partition coefficient (Wildman–Crippen LogP) is 2.63. The van der Waals surface area contributed by atoms with E-state index in [1.807, 2.05) is 6.07 Å². The number of carbonyl (C=O) groups is 3. The molecular formula is C21H21N5O7S. The molecule has 0 heterocycles. The van der Waals surface area contributed by atoms with Crippen LogP contribution < -0.4 is 16.0 Å². The number of carbonyl (C=O) groups excluding carboxylic acids is 3. The van der Waals surface area contributed by atoms with Crippen LogP contribution in [0.1, 0.15) is 18.9 Å². The normalized spacial score (nSPS) is 11.1. The number of ether oxygens (including phenoxy) is 2. The molecule has 0 bridgehead atoms. The van der Waals surface area contributed by atoms with E-state index in [0.717, 1.165) is 14.2 Å². The molecule has 2 rings (SSSR count). The van der Waals surface area contributed by atoms with Gasteiger partial charge >= 0.3 is 12.2 Å². The van der Waals surface area contributed by atoms with Crippen LogP contribution in [0.5, 0.6) is 0 Å². The summed E-state index contributed by atoms with van der Waals surface area (Å²) in [4.78, 5) is 38.5. The molecule has 0 aliphatic carbocycles. The Kier molecular flexibility index (Phi) is 8.68. The first kappa shape index (κ1) is 25.8. The van der Waals surface area contributed by atoms with Crippen LogP contribution in [0.15, 0.2) is 57.2 Å². The molecule has 34 heavy (non-hydrogen) atoms. The Hall–Kier alpha value is -4.44. The standard InChI is InChI=1S/C21H21N5O7S/c1-4-18(27)23-16-10-9-15(34(30,31)14-7-5-13(12-22)6-8-14)11-17(16)24-19(25-20(28)32-2)26-21(29)33-3/h5-11H,4H2,1-3H3,(H,23,27)(H2,24,25,26,28,29). The number of anilines is 2. The van der Waals surface area contributed by atoms with Gasteiger partial charge in [0.25, 0.3) is 0 Å². The Bertz CT molecular complexity index is 1270. The van der Waals surface area contributed by atoms with Crippen molar-refractivity contribution < 1.29 is 32.3 Å². The van der Waals surface area contributed by atoms with Gasteiger partial charge in [0.05, 0.1) is 47.0 Å². The average molecular weight is 487 g/mol. The summed E-state index contributed by atoms with van der Waals surface area (Å²) in [6.45, 7) is 1.62. The molecule has 13 heteroatoms. The molecule has 0 atom stereocenters. The van der Waals surface area contributed by atoms with Crippen LogP contribution in [0, 0.1) is 11.3 Å². The molecule has 0 saturated carbocycles. The largest absolute Gasteiger partial charge is 0.453 e. The number of rotatable bonds is 5. The molecule has 0 spiro atoms. The Morgan fingerprint density at radius 2 is 1.62 bits per heavy atom. The molecule has 0 aliphatic rings. The summed E-state index contributed by atoms with van der Waals surface area (Å²) in [5.41, 5.74) is 0.432. The van der Waals surface area contributed by atoms with Crippen molar-refractivity contribution >= 4 is 45.3 Å². The number of nitriles is 1. The number of aliphatic imine (C=N–C) groups is 1. The van der Waals surface area contributed by atoms with Gasteiger partial charge in [-0.1, -0.05) is 6.92 Å². The smallest absolute Gasteiger partial charge is 0.436 e. The molecular weight excluding hydrogens is 466 g/mol. The quantitative estimate of drug-likeness (QED) is 0.422. The summed E-state index contributed by atoms with van der Waals surface area (Å²) < 4.78 is 35.2. The second kappa shape index (κ2) is 11.4. The number of sulfone groups is 1. The zero-order valence-corrected chi connectivity index (χ0v) is 19.2. The van der Waals surface area contributed by atoms with Crippen LogP contribution in [-0.4, -0.2) is 46.7 Å². The molecule has 12 nitrogen and oxygen atoms in total. The van der Waals surface area contributed by atoms with Gasteiger partial charge in [-0.15, -0.1) is 4.99 Å². The van der Waals surface area contributed by atoms with Gasteiger partial charge in [-0.05, 0) is 42.5 Å². The monoisotopic (exact) mass is 487 g/mol. The highest BCUT2D eigenvalue weighted by atomic mass is 32.2. The lowest BCUT2D eigenvalue weighted by atomic mass is 10.2. The summed E-state index contributed by atoms with van der Waals surface area (Å²) in [5.74, 6) is -0.822. The molecule has 2 aromatic rings. The van der Waals surface area contributed by atoms with E-state index >= 15 is 0 Å². The molecule has 0 fully saturated rings. The van der Waals surface area contributed by atoms with Gasteiger partial charge in [0.1, 0.15) is 0 Å². The third kappa shape index (κ3) is 6.53. The fourth-order valence-electron chi connectivity index (χ4n) is 2.49. The van der Waals surface area contributed by atoms with Crippen molar-refractivity contribution in [3.05, 3.63) is 48.0 Å². The van der Waals surface area contributed by atoms with Gasteiger partial charge in [0.2, 0.25) is 21.7 Å². The van der Waals surface area contributed by atoms with E-state index in [1.54, 1.807) is 6.92 Å². The number of benzene rings is 2. The summed E-state index contributed by atoms with van der Waals surface area (Å²) in [7, 11) is -1.88. The summed E-state index contributed by atoms with van der Waals surface area (Å²) in [6, 6.07) is 11.0. The first-order chi connectivity index (χ1) is 16.1. The topological polar surface area (TPSA) is 176 Å². The molecule has 0 unspecified atom stereocenters. The lowest BCUT2D eigenvalue weighted by molar-refractivity contribution is -0.115. The van der Waals surface area contributed by atoms with Gasteiger partial charge in [-0.2, -0.15) is 5.26 Å². The van der Waals surface area contributed by atoms with Crippen molar-refractivity contribution in [1.82, 2.24) is 5.32 Å². The van der Waals surface area contributed by atoms with Crippen molar-refractivity contribution in [3.63, 3.8) is 0 Å². The first-order valence-electron chi connectivity index (χ1n) is 9.62. The maximum atomic E-state index is 13.1. The highest BCUT2D eigenvalue weighted by Gasteiger charge is 2.21. The molecule has 3 amide bonds. The van der Waals surface area contributed by atoms with Gasteiger partial charge in [-0.25, -0.2) is 18.0 Å². The minimum absolute atomic E-state index is 0.00410. The van der Waals surface area contributed by atoms with Crippen LogP contribution in [-0.2, 0) is 24.1 Å². The second-order valence-electron chi connectivity index (χ2n) is 6.42. The van der Waals surface area contributed by atoms with Crippen molar-refractivity contribution in [1.29, 1.82) is 5.26 Å². The average Bonchev–Trinajstić information content (AvgIpc) is 2.84. The van der Waals surface area contributed by atoms with Gasteiger partial charge < -0.3 is 20.1 Å². The third-order valence-corrected chi connectivity index (χ3v) is 5.99. The predicted molar refractivity (Wildman–Crippen MR) is 121 cm³/mol. The molecule has 2 aromatic carbocycles. The molecule has 0 saturated heterocycles. The number of hydrogen-bond donors (Lipinski definition) is 3. The number of alkyl carbamates (subject to hydrolysis) is 1. The number of guanidine groups is 1. The van der Waals surface area contributed by atoms with E-state index in [9.17, 15) is 22.8 Å². The molecule has 0 aromatic heterocycles.